The molecule has 2 aromatic carbocycles. The lowest BCUT2D eigenvalue weighted by Gasteiger charge is -2.18. The number of alkyl halides is 3. The minimum atomic E-state index is -4.63. The number of fused-ring (bicyclic) bond motifs is 1. The minimum Gasteiger partial charge on any atom is -0.331 e. The third-order valence-corrected chi connectivity index (χ3v) is 4.06. The Hall–Kier alpha value is -2.65. The number of rotatable bonds is 2. The Morgan fingerprint density at radius 3 is 2.15 bits per heavy atom. The van der Waals surface area contributed by atoms with Crippen LogP contribution in [0.3, 0.4) is 0 Å². The molecule has 0 fully saturated rings. The smallest absolute Gasteiger partial charge is 0.331 e. The molecule has 1 heterocycles. The number of amides is 2. The van der Waals surface area contributed by atoms with Crippen molar-refractivity contribution in [2.45, 2.75) is 6.18 Å². The number of carbonyl (C=O) groups excluding carboxylic acids is 2. The average Bonchev–Trinajstić information content (AvgIpc) is 2.81. The van der Waals surface area contributed by atoms with Crippen LogP contribution in [-0.2, 0) is 6.18 Å². The zero-order chi connectivity index (χ0) is 19.1. The second kappa shape index (κ2) is 6.58. The van der Waals surface area contributed by atoms with E-state index in [2.05, 4.69) is 10.7 Å². The second-order valence-electron chi connectivity index (χ2n) is 5.25. The van der Waals surface area contributed by atoms with Crippen molar-refractivity contribution in [1.29, 1.82) is 0 Å². The van der Waals surface area contributed by atoms with E-state index in [9.17, 15) is 22.8 Å². The maximum atomic E-state index is 12.9. The van der Waals surface area contributed by atoms with E-state index < -0.39 is 28.6 Å². The van der Waals surface area contributed by atoms with Gasteiger partial charge in [0, 0.05) is 5.69 Å². The molecule has 0 bridgehead atoms. The molecule has 5 nitrogen and oxygen atoms in total. The van der Waals surface area contributed by atoms with Crippen LogP contribution in [0.1, 0.15) is 26.3 Å². The highest BCUT2D eigenvalue weighted by Crippen LogP contribution is 2.36. The summed E-state index contributed by atoms with van der Waals surface area (Å²) in [5.41, 5.74) is 1.76. The lowest BCUT2D eigenvalue weighted by atomic mass is 10.1. The standard InChI is InChI=1S/C16H9ClF3N3O2S/c17-12-6-5-8(7-11(12)16(18,19)20)21-15(26)22-23-13(24)9-3-1-2-4-10(9)14(23)25/h1-7H,(H2,21,22,26). The number of hydrazine groups is 1. The molecule has 2 N–H and O–H groups in total. The Balaban J connectivity index is 1.75. The van der Waals surface area contributed by atoms with Crippen LogP contribution >= 0.6 is 23.8 Å². The summed E-state index contributed by atoms with van der Waals surface area (Å²) in [4.78, 5) is 24.4. The van der Waals surface area contributed by atoms with E-state index >= 15 is 0 Å². The first-order valence-electron chi connectivity index (χ1n) is 7.10. The normalized spacial score (nSPS) is 13.6. The van der Waals surface area contributed by atoms with E-state index in [0.717, 1.165) is 12.1 Å². The number of nitrogens with zero attached hydrogens (tertiary/aromatic N) is 1. The lowest BCUT2D eigenvalue weighted by Crippen LogP contribution is -2.47. The number of halogens is 4. The summed E-state index contributed by atoms with van der Waals surface area (Å²) < 4.78 is 38.7. The molecule has 1 aliphatic rings. The van der Waals surface area contributed by atoms with Gasteiger partial charge in [0.05, 0.1) is 21.7 Å². The van der Waals surface area contributed by atoms with Crippen LogP contribution in [0.25, 0.3) is 0 Å². The van der Waals surface area contributed by atoms with E-state index in [1.54, 1.807) is 12.1 Å². The van der Waals surface area contributed by atoms with Gasteiger partial charge in [-0.25, -0.2) is 0 Å². The van der Waals surface area contributed by atoms with Crippen molar-refractivity contribution in [3.8, 4) is 0 Å². The van der Waals surface area contributed by atoms with Gasteiger partial charge in [0.2, 0.25) is 0 Å². The molecule has 26 heavy (non-hydrogen) atoms. The van der Waals surface area contributed by atoms with Crippen molar-refractivity contribution in [3.63, 3.8) is 0 Å². The van der Waals surface area contributed by atoms with E-state index in [0.29, 0.717) is 5.01 Å². The van der Waals surface area contributed by atoms with Crippen LogP contribution in [0.15, 0.2) is 42.5 Å². The van der Waals surface area contributed by atoms with Crippen molar-refractivity contribution in [2.24, 2.45) is 0 Å². The van der Waals surface area contributed by atoms with Crippen LogP contribution < -0.4 is 10.7 Å². The summed E-state index contributed by atoms with van der Waals surface area (Å²) in [5, 5.41) is 2.50. The molecule has 3 rings (SSSR count). The molecule has 134 valence electrons. The van der Waals surface area contributed by atoms with Crippen LogP contribution in [-0.4, -0.2) is 21.9 Å². The van der Waals surface area contributed by atoms with Gasteiger partial charge in [0.15, 0.2) is 5.11 Å². The third kappa shape index (κ3) is 3.35. The quantitative estimate of drug-likeness (QED) is 0.593. The molecule has 0 aliphatic carbocycles. The molecule has 0 saturated heterocycles. The maximum Gasteiger partial charge on any atom is 0.417 e. The first-order valence-corrected chi connectivity index (χ1v) is 7.89. The van der Waals surface area contributed by atoms with E-state index in [1.165, 1.54) is 18.2 Å². The maximum absolute atomic E-state index is 12.9. The monoisotopic (exact) mass is 399 g/mol. The van der Waals surface area contributed by atoms with Gasteiger partial charge in [-0.2, -0.15) is 18.2 Å². The fourth-order valence-electron chi connectivity index (χ4n) is 2.37. The number of imide groups is 1. The molecule has 0 unspecified atom stereocenters. The summed E-state index contributed by atoms with van der Waals surface area (Å²) in [7, 11) is 0. The highest BCUT2D eigenvalue weighted by Gasteiger charge is 2.36. The van der Waals surface area contributed by atoms with Gasteiger partial charge in [0.1, 0.15) is 0 Å². The Kier molecular flexibility index (Phi) is 4.59. The number of hydrogen-bond acceptors (Lipinski definition) is 3. The molecule has 2 aromatic rings. The van der Waals surface area contributed by atoms with Crippen molar-refractivity contribution >= 4 is 46.4 Å². The number of thiocarbonyl (C=S) groups is 1. The van der Waals surface area contributed by atoms with Crippen molar-refractivity contribution in [2.75, 3.05) is 5.32 Å². The molecule has 1 aliphatic heterocycles. The molecule has 0 aromatic heterocycles. The average molecular weight is 400 g/mol. The van der Waals surface area contributed by atoms with E-state index in [4.69, 9.17) is 23.8 Å². The summed E-state index contributed by atoms with van der Waals surface area (Å²) in [6.07, 6.45) is -4.63. The largest absolute Gasteiger partial charge is 0.417 e. The van der Waals surface area contributed by atoms with Gasteiger partial charge >= 0.3 is 6.18 Å². The van der Waals surface area contributed by atoms with Gasteiger partial charge in [-0.15, -0.1) is 0 Å². The van der Waals surface area contributed by atoms with Crippen LogP contribution in [0.4, 0.5) is 18.9 Å². The van der Waals surface area contributed by atoms with Crippen molar-refractivity contribution < 1.29 is 22.8 Å². The Bertz CT molecular complexity index is 898. The topological polar surface area (TPSA) is 61.4 Å². The first kappa shape index (κ1) is 18.2. The predicted octanol–water partition coefficient (Wildman–Crippen LogP) is 3.86. The van der Waals surface area contributed by atoms with Crippen LogP contribution in [0, 0.1) is 0 Å². The Morgan fingerprint density at radius 2 is 1.62 bits per heavy atom. The fraction of sp³-hybridized carbons (Fsp3) is 0.0625. The molecule has 0 saturated carbocycles. The van der Waals surface area contributed by atoms with Gasteiger partial charge < -0.3 is 5.32 Å². The van der Waals surface area contributed by atoms with Gasteiger partial charge in [-0.1, -0.05) is 23.7 Å². The third-order valence-electron chi connectivity index (χ3n) is 3.54. The van der Waals surface area contributed by atoms with Crippen molar-refractivity contribution in [1.82, 2.24) is 10.4 Å². The number of nitrogens with one attached hydrogen (secondary N) is 2. The van der Waals surface area contributed by atoms with Crippen LogP contribution in [0.2, 0.25) is 5.02 Å². The SMILES string of the molecule is O=C1c2ccccc2C(=O)N1NC(=S)Nc1ccc(Cl)c(C(F)(F)F)c1. The highest BCUT2D eigenvalue weighted by atomic mass is 35.5. The predicted molar refractivity (Wildman–Crippen MR) is 92.8 cm³/mol. The zero-order valence-corrected chi connectivity index (χ0v) is 14.3. The van der Waals surface area contributed by atoms with E-state index in [1.807, 2.05) is 0 Å². The lowest BCUT2D eigenvalue weighted by molar-refractivity contribution is -0.137. The van der Waals surface area contributed by atoms with Gasteiger partial charge in [0.25, 0.3) is 11.8 Å². The number of hydrogen-bond donors (Lipinski definition) is 2. The zero-order valence-electron chi connectivity index (χ0n) is 12.7. The molecule has 10 heteroatoms. The van der Waals surface area contributed by atoms with Crippen LogP contribution in [0.5, 0.6) is 0 Å². The number of anilines is 1. The Morgan fingerprint density at radius 1 is 1.04 bits per heavy atom. The summed E-state index contributed by atoms with van der Waals surface area (Å²) in [5.74, 6) is -1.22. The summed E-state index contributed by atoms with van der Waals surface area (Å²) in [6, 6.07) is 9.32. The van der Waals surface area contributed by atoms with E-state index in [-0.39, 0.29) is 21.9 Å². The number of carbonyl (C=O) groups is 2. The minimum absolute atomic E-state index is 0.00386. The van der Waals surface area contributed by atoms with Gasteiger partial charge in [-0.05, 0) is 42.5 Å². The highest BCUT2D eigenvalue weighted by molar-refractivity contribution is 7.80. The molecule has 0 atom stereocenters. The second-order valence-corrected chi connectivity index (χ2v) is 6.07. The molecular weight excluding hydrogens is 391 g/mol. The number of benzene rings is 2. The summed E-state index contributed by atoms with van der Waals surface area (Å²) >= 11 is 10.5. The molecular formula is C16H9ClF3N3O2S. The molecule has 0 spiro atoms. The fourth-order valence-corrected chi connectivity index (χ4v) is 2.81. The van der Waals surface area contributed by atoms with Gasteiger partial charge in [-0.3, -0.25) is 15.0 Å². The molecule has 2 amide bonds. The first-order chi connectivity index (χ1) is 12.2. The van der Waals surface area contributed by atoms with Crippen molar-refractivity contribution in [3.05, 3.63) is 64.2 Å². The molecule has 0 radical (unpaired) electrons. The summed E-state index contributed by atoms with van der Waals surface area (Å²) in [6.45, 7) is 0. The Labute approximate surface area is 155 Å².